The predicted molar refractivity (Wildman–Crippen MR) is 84.5 cm³/mol. The number of rotatable bonds is 5. The van der Waals surface area contributed by atoms with E-state index < -0.39 is 16.8 Å². The van der Waals surface area contributed by atoms with Gasteiger partial charge in [-0.3, -0.25) is 4.21 Å². The summed E-state index contributed by atoms with van der Waals surface area (Å²) >= 11 is 6.06. The fourth-order valence-electron chi connectivity index (χ4n) is 1.89. The molecule has 0 unspecified atom stereocenters. The number of hydrogen-bond acceptors (Lipinski definition) is 3. The van der Waals surface area contributed by atoms with E-state index in [4.69, 9.17) is 11.6 Å². The maximum atomic E-state index is 11.5. The van der Waals surface area contributed by atoms with Crippen molar-refractivity contribution in [3.8, 4) is 0 Å². The van der Waals surface area contributed by atoms with Gasteiger partial charge in [-0.2, -0.15) is 0 Å². The van der Waals surface area contributed by atoms with Crippen LogP contribution in [0.15, 0.2) is 47.4 Å². The van der Waals surface area contributed by atoms with Gasteiger partial charge in [0.1, 0.15) is 0 Å². The molecule has 0 saturated carbocycles. The van der Waals surface area contributed by atoms with Crippen molar-refractivity contribution in [1.82, 2.24) is 0 Å². The Morgan fingerprint density at radius 2 is 1.95 bits per heavy atom. The van der Waals surface area contributed by atoms with Crippen molar-refractivity contribution < 1.29 is 14.1 Å². The zero-order chi connectivity index (χ0) is 15.4. The molecule has 0 bridgehead atoms. The molecule has 2 N–H and O–H groups in total. The topological polar surface area (TPSA) is 66.4 Å². The van der Waals surface area contributed by atoms with Crippen LogP contribution in [0.4, 0.5) is 5.69 Å². The number of carboxylic acid groups (broad SMARTS) is 1. The van der Waals surface area contributed by atoms with Crippen molar-refractivity contribution in [2.45, 2.75) is 11.4 Å². The van der Waals surface area contributed by atoms with Crippen molar-refractivity contribution in [3.05, 3.63) is 58.6 Å². The fourth-order valence-corrected chi connectivity index (χ4v) is 3.00. The van der Waals surface area contributed by atoms with Gasteiger partial charge in [0.15, 0.2) is 0 Å². The number of nitrogens with one attached hydrogen (secondary N) is 1. The molecule has 0 radical (unpaired) electrons. The number of aromatic carboxylic acids is 1. The second-order valence-electron chi connectivity index (χ2n) is 4.43. The first kappa shape index (κ1) is 15.5. The maximum absolute atomic E-state index is 11.5. The first-order valence-corrected chi connectivity index (χ1v) is 8.10. The average molecular weight is 324 g/mol. The Hall–Kier alpha value is -1.85. The smallest absolute Gasteiger partial charge is 0.337 e. The van der Waals surface area contributed by atoms with Crippen LogP contribution in [-0.4, -0.2) is 21.5 Å². The first-order valence-electron chi connectivity index (χ1n) is 6.17. The third kappa shape index (κ3) is 3.83. The van der Waals surface area contributed by atoms with Gasteiger partial charge in [-0.1, -0.05) is 41.9 Å². The van der Waals surface area contributed by atoms with Crippen LogP contribution in [0.1, 0.15) is 15.9 Å². The normalized spacial score (nSPS) is 11.9. The lowest BCUT2D eigenvalue weighted by molar-refractivity contribution is 0.0697. The molecule has 2 rings (SSSR count). The number of carboxylic acids is 1. The number of anilines is 1. The van der Waals surface area contributed by atoms with E-state index in [1.54, 1.807) is 0 Å². The number of halogens is 1. The van der Waals surface area contributed by atoms with Gasteiger partial charge in [0.05, 0.1) is 32.0 Å². The van der Waals surface area contributed by atoms with E-state index >= 15 is 0 Å². The highest BCUT2D eigenvalue weighted by Crippen LogP contribution is 2.28. The molecule has 0 aromatic heterocycles. The number of benzene rings is 2. The summed E-state index contributed by atoms with van der Waals surface area (Å²) in [6, 6.07) is 12.5. The van der Waals surface area contributed by atoms with E-state index in [1.807, 2.05) is 30.3 Å². The molecule has 2 aromatic carbocycles. The zero-order valence-electron chi connectivity index (χ0n) is 11.3. The number of carbonyl (C=O) groups is 1. The van der Waals surface area contributed by atoms with Crippen LogP contribution in [0, 0.1) is 0 Å². The molecule has 0 aliphatic heterocycles. The Balaban J connectivity index is 2.32. The van der Waals surface area contributed by atoms with E-state index in [9.17, 15) is 14.1 Å². The molecule has 21 heavy (non-hydrogen) atoms. The highest BCUT2D eigenvalue weighted by molar-refractivity contribution is 7.84. The lowest BCUT2D eigenvalue weighted by Gasteiger charge is -2.12. The Kier molecular flexibility index (Phi) is 4.98. The van der Waals surface area contributed by atoms with Crippen molar-refractivity contribution in [3.63, 3.8) is 0 Å². The predicted octanol–water partition coefficient (Wildman–Crippen LogP) is 3.39. The van der Waals surface area contributed by atoms with Gasteiger partial charge < -0.3 is 10.4 Å². The second kappa shape index (κ2) is 6.74. The quantitative estimate of drug-likeness (QED) is 0.885. The lowest BCUT2D eigenvalue weighted by atomic mass is 10.1. The highest BCUT2D eigenvalue weighted by Gasteiger charge is 2.16. The van der Waals surface area contributed by atoms with E-state index in [0.717, 1.165) is 5.56 Å². The van der Waals surface area contributed by atoms with Crippen molar-refractivity contribution >= 4 is 34.1 Å². The van der Waals surface area contributed by atoms with Gasteiger partial charge in [0.2, 0.25) is 0 Å². The molecule has 0 heterocycles. The largest absolute Gasteiger partial charge is 0.478 e. The fraction of sp³-hybridized carbons (Fsp3) is 0.133. The summed E-state index contributed by atoms with van der Waals surface area (Å²) in [6.07, 6.45) is 1.46. The van der Waals surface area contributed by atoms with Crippen LogP contribution in [0.25, 0.3) is 0 Å². The van der Waals surface area contributed by atoms with Gasteiger partial charge in [0, 0.05) is 12.8 Å². The Morgan fingerprint density at radius 3 is 2.52 bits per heavy atom. The third-order valence-corrected chi connectivity index (χ3v) is 4.32. The molecular weight excluding hydrogens is 310 g/mol. The Labute approximate surface area is 130 Å². The minimum Gasteiger partial charge on any atom is -0.478 e. The Morgan fingerprint density at radius 1 is 1.29 bits per heavy atom. The maximum Gasteiger partial charge on any atom is 0.337 e. The summed E-state index contributed by atoms with van der Waals surface area (Å²) in [7, 11) is -1.34. The summed E-state index contributed by atoms with van der Waals surface area (Å²) < 4.78 is 11.5. The van der Waals surface area contributed by atoms with Gasteiger partial charge in [-0.05, 0) is 17.7 Å². The SMILES string of the molecule is C[S@@](=O)c1cc(C(=O)O)c(NCc2ccccc2)cc1Cl. The van der Waals surface area contributed by atoms with Gasteiger partial charge in [0.25, 0.3) is 0 Å². The van der Waals surface area contributed by atoms with E-state index in [-0.39, 0.29) is 10.6 Å². The first-order chi connectivity index (χ1) is 9.99. The molecule has 110 valence electrons. The van der Waals surface area contributed by atoms with Gasteiger partial charge in [-0.25, -0.2) is 4.79 Å². The standard InChI is InChI=1S/C15H14ClNO3S/c1-21(20)14-7-11(15(18)19)13(8-12(14)16)17-9-10-5-3-2-4-6-10/h2-8,17H,9H2,1H3,(H,18,19)/t21-/m1/s1. The van der Waals surface area contributed by atoms with E-state index in [2.05, 4.69) is 5.32 Å². The van der Waals surface area contributed by atoms with Crippen LogP contribution < -0.4 is 5.32 Å². The molecule has 0 fully saturated rings. The second-order valence-corrected chi connectivity index (χ2v) is 6.18. The zero-order valence-corrected chi connectivity index (χ0v) is 12.9. The molecule has 0 spiro atoms. The van der Waals surface area contributed by atoms with Crippen LogP contribution >= 0.6 is 11.6 Å². The van der Waals surface area contributed by atoms with Crippen LogP contribution in [0.5, 0.6) is 0 Å². The summed E-state index contributed by atoms with van der Waals surface area (Å²) in [5, 5.41) is 12.6. The van der Waals surface area contributed by atoms with Crippen molar-refractivity contribution in [2.75, 3.05) is 11.6 Å². The van der Waals surface area contributed by atoms with Crippen LogP contribution in [0.3, 0.4) is 0 Å². The van der Waals surface area contributed by atoms with Crippen LogP contribution in [-0.2, 0) is 17.3 Å². The highest BCUT2D eigenvalue weighted by atomic mass is 35.5. The molecule has 0 amide bonds. The average Bonchev–Trinajstić information content (AvgIpc) is 2.45. The summed E-state index contributed by atoms with van der Waals surface area (Å²) in [6.45, 7) is 0.478. The van der Waals surface area contributed by atoms with E-state index in [0.29, 0.717) is 17.1 Å². The number of hydrogen-bond donors (Lipinski definition) is 2. The lowest BCUT2D eigenvalue weighted by Crippen LogP contribution is -2.08. The summed E-state index contributed by atoms with van der Waals surface area (Å²) in [5.41, 5.74) is 1.49. The molecule has 0 aliphatic rings. The Bertz CT molecular complexity index is 689. The van der Waals surface area contributed by atoms with Gasteiger partial charge >= 0.3 is 5.97 Å². The van der Waals surface area contributed by atoms with Crippen LogP contribution in [0.2, 0.25) is 5.02 Å². The third-order valence-electron chi connectivity index (χ3n) is 2.94. The minimum atomic E-state index is -1.34. The van der Waals surface area contributed by atoms with Crippen molar-refractivity contribution in [1.29, 1.82) is 0 Å². The van der Waals surface area contributed by atoms with Gasteiger partial charge in [-0.15, -0.1) is 0 Å². The molecule has 0 saturated heterocycles. The molecule has 0 aliphatic carbocycles. The molecule has 1 atom stereocenters. The molecule has 2 aromatic rings. The minimum absolute atomic E-state index is 0.0560. The molecule has 4 nitrogen and oxygen atoms in total. The summed E-state index contributed by atoms with van der Waals surface area (Å²) in [4.78, 5) is 11.7. The molecule has 6 heteroatoms. The monoisotopic (exact) mass is 323 g/mol. The van der Waals surface area contributed by atoms with Crippen molar-refractivity contribution in [2.24, 2.45) is 0 Å². The summed E-state index contributed by atoms with van der Waals surface area (Å²) in [5.74, 6) is -1.09. The van der Waals surface area contributed by atoms with E-state index in [1.165, 1.54) is 18.4 Å². The molecular formula is C15H14ClNO3S.